The molecule has 0 radical (unpaired) electrons. The molecule has 0 aliphatic rings. The Morgan fingerprint density at radius 1 is 1.10 bits per heavy atom. The van der Waals surface area contributed by atoms with Crippen molar-refractivity contribution in [2.24, 2.45) is 0 Å². The van der Waals surface area contributed by atoms with Crippen LogP contribution in [-0.2, 0) is 16.4 Å². The Kier molecular flexibility index (Phi) is 6.19. The fourth-order valence-corrected chi connectivity index (χ4v) is 3.45. The van der Waals surface area contributed by atoms with Crippen LogP contribution >= 0.6 is 12.4 Å². The minimum Gasteiger partial charge on any atom is -0.436 e. The van der Waals surface area contributed by atoms with E-state index in [4.69, 9.17) is 4.42 Å². The third kappa shape index (κ3) is 4.67. The zero-order valence-corrected chi connectivity index (χ0v) is 17.5. The van der Waals surface area contributed by atoms with Crippen LogP contribution in [0.5, 0.6) is 0 Å². The Bertz CT molecular complexity index is 1290. The normalized spacial score (nSPS) is 11.1. The lowest BCUT2D eigenvalue weighted by atomic mass is 10.1. The number of oxazole rings is 1. The topological polar surface area (TPSA) is 102 Å². The highest BCUT2D eigenvalue weighted by atomic mass is 35.5. The van der Waals surface area contributed by atoms with E-state index in [1.807, 2.05) is 24.3 Å². The molecule has 0 aliphatic carbocycles. The molecule has 4 rings (SSSR count). The molecule has 0 fully saturated rings. The quantitative estimate of drug-likeness (QED) is 0.505. The predicted molar refractivity (Wildman–Crippen MR) is 115 cm³/mol. The van der Waals surface area contributed by atoms with Crippen LogP contribution in [0, 0.1) is 0 Å². The smallest absolute Gasteiger partial charge is 0.253 e. The zero-order chi connectivity index (χ0) is 20.4. The molecule has 0 saturated carbocycles. The molecule has 0 bridgehead atoms. The highest BCUT2D eigenvalue weighted by molar-refractivity contribution is 7.90. The first-order valence-corrected chi connectivity index (χ1v) is 10.7. The van der Waals surface area contributed by atoms with E-state index in [-0.39, 0.29) is 23.2 Å². The molecule has 0 saturated heterocycles. The Morgan fingerprint density at radius 2 is 1.87 bits per heavy atom. The van der Waals surface area contributed by atoms with Gasteiger partial charge >= 0.3 is 0 Å². The fraction of sp³-hybridized carbons (Fsp3) is 0.0952. The number of nitrogens with one attached hydrogen (secondary N) is 1. The summed E-state index contributed by atoms with van der Waals surface area (Å²) < 4.78 is 29.1. The summed E-state index contributed by atoms with van der Waals surface area (Å²) in [6.45, 7) is 0.374. The maximum atomic E-state index is 12.1. The van der Waals surface area contributed by atoms with Gasteiger partial charge in [-0.2, -0.15) is 0 Å². The fourth-order valence-electron chi connectivity index (χ4n) is 2.81. The number of amides is 1. The first-order valence-electron chi connectivity index (χ1n) is 8.78. The number of aromatic nitrogens is 2. The van der Waals surface area contributed by atoms with Gasteiger partial charge in [0.1, 0.15) is 5.52 Å². The lowest BCUT2D eigenvalue weighted by Crippen LogP contribution is -2.22. The third-order valence-electron chi connectivity index (χ3n) is 4.36. The van der Waals surface area contributed by atoms with E-state index in [9.17, 15) is 13.2 Å². The predicted octanol–water partition coefficient (Wildman–Crippen LogP) is 3.65. The van der Waals surface area contributed by atoms with Crippen molar-refractivity contribution in [3.05, 3.63) is 78.1 Å². The number of fused-ring (bicyclic) bond motifs is 1. The average Bonchev–Trinajstić information content (AvgIpc) is 3.16. The molecule has 154 valence electrons. The van der Waals surface area contributed by atoms with Gasteiger partial charge in [0.05, 0.1) is 10.5 Å². The number of halogens is 1. The van der Waals surface area contributed by atoms with Gasteiger partial charge in [-0.1, -0.05) is 12.1 Å². The van der Waals surface area contributed by atoms with Gasteiger partial charge in [-0.25, -0.2) is 13.4 Å². The van der Waals surface area contributed by atoms with Crippen molar-refractivity contribution >= 4 is 39.3 Å². The lowest BCUT2D eigenvalue weighted by molar-refractivity contribution is 0.0950. The van der Waals surface area contributed by atoms with Gasteiger partial charge < -0.3 is 9.73 Å². The van der Waals surface area contributed by atoms with Crippen LogP contribution in [-0.4, -0.2) is 30.5 Å². The zero-order valence-electron chi connectivity index (χ0n) is 15.9. The van der Waals surface area contributed by atoms with Crippen LogP contribution in [0.4, 0.5) is 0 Å². The van der Waals surface area contributed by atoms with E-state index >= 15 is 0 Å². The van der Waals surface area contributed by atoms with Gasteiger partial charge in [-0.15, -0.1) is 12.4 Å². The summed E-state index contributed by atoms with van der Waals surface area (Å²) in [4.78, 5) is 20.6. The summed E-state index contributed by atoms with van der Waals surface area (Å²) in [5.74, 6) is 0.208. The molecule has 0 aliphatic heterocycles. The van der Waals surface area contributed by atoms with Crippen LogP contribution in [0.1, 0.15) is 15.9 Å². The summed E-state index contributed by atoms with van der Waals surface area (Å²) in [6.07, 6.45) is 4.28. The minimum absolute atomic E-state index is 0. The molecule has 2 aromatic heterocycles. The molecule has 0 unspecified atom stereocenters. The molecule has 2 aromatic carbocycles. The van der Waals surface area contributed by atoms with Gasteiger partial charge in [0.25, 0.3) is 5.91 Å². The first kappa shape index (κ1) is 21.5. The van der Waals surface area contributed by atoms with Crippen molar-refractivity contribution in [3.63, 3.8) is 0 Å². The SMILES string of the molecule is CS(=O)(=O)c1ccc2oc(-c3ccc(CNC(=O)c4cccnc4)cc3)nc2c1.Cl. The minimum atomic E-state index is -3.31. The highest BCUT2D eigenvalue weighted by Crippen LogP contribution is 2.26. The van der Waals surface area contributed by atoms with Crippen molar-refractivity contribution in [1.82, 2.24) is 15.3 Å². The van der Waals surface area contributed by atoms with Gasteiger partial charge in [0, 0.05) is 30.8 Å². The molecule has 1 amide bonds. The summed E-state index contributed by atoms with van der Waals surface area (Å²) in [5.41, 5.74) is 3.17. The van der Waals surface area contributed by atoms with Crippen LogP contribution in [0.2, 0.25) is 0 Å². The Balaban J connectivity index is 0.00000256. The molecule has 0 spiro atoms. The number of sulfone groups is 1. The van der Waals surface area contributed by atoms with Gasteiger partial charge in [0.2, 0.25) is 5.89 Å². The standard InChI is InChI=1S/C21H17N3O4S.ClH/c1-29(26,27)17-8-9-19-18(11-17)24-21(28-19)15-6-4-14(5-7-15)12-23-20(25)16-3-2-10-22-13-16;/h2-11,13H,12H2,1H3,(H,23,25);1H. The van der Waals surface area contributed by atoms with Gasteiger partial charge in [-0.05, 0) is 48.0 Å². The number of carbonyl (C=O) groups excluding carboxylic acids is 1. The Hall–Kier alpha value is -3.23. The molecule has 7 nitrogen and oxygen atoms in total. The van der Waals surface area contributed by atoms with Crippen LogP contribution in [0.25, 0.3) is 22.6 Å². The molecule has 0 atom stereocenters. The monoisotopic (exact) mass is 443 g/mol. The number of benzene rings is 2. The number of hydrogen-bond donors (Lipinski definition) is 1. The summed E-state index contributed by atoms with van der Waals surface area (Å²) >= 11 is 0. The summed E-state index contributed by atoms with van der Waals surface area (Å²) in [7, 11) is -3.31. The molecular weight excluding hydrogens is 426 g/mol. The van der Waals surface area contributed by atoms with E-state index < -0.39 is 9.84 Å². The number of nitrogens with zero attached hydrogens (tertiary/aromatic N) is 2. The second kappa shape index (κ2) is 8.64. The number of hydrogen-bond acceptors (Lipinski definition) is 6. The van der Waals surface area contributed by atoms with Crippen LogP contribution < -0.4 is 5.32 Å². The average molecular weight is 444 g/mol. The molecule has 1 N–H and O–H groups in total. The highest BCUT2D eigenvalue weighted by Gasteiger charge is 2.13. The van der Waals surface area contributed by atoms with E-state index in [0.29, 0.717) is 29.1 Å². The van der Waals surface area contributed by atoms with Gasteiger partial charge in [0.15, 0.2) is 15.4 Å². The molecule has 9 heteroatoms. The number of pyridine rings is 1. The largest absolute Gasteiger partial charge is 0.436 e. The summed E-state index contributed by atoms with van der Waals surface area (Å²) in [5, 5.41) is 2.84. The van der Waals surface area contributed by atoms with E-state index in [1.165, 1.54) is 18.3 Å². The summed E-state index contributed by atoms with van der Waals surface area (Å²) in [6, 6.07) is 15.4. The molecule has 30 heavy (non-hydrogen) atoms. The Morgan fingerprint density at radius 3 is 2.53 bits per heavy atom. The van der Waals surface area contributed by atoms with Gasteiger partial charge in [-0.3, -0.25) is 9.78 Å². The van der Waals surface area contributed by atoms with Crippen molar-refractivity contribution in [3.8, 4) is 11.5 Å². The third-order valence-corrected chi connectivity index (χ3v) is 5.48. The van der Waals surface area contributed by atoms with E-state index in [0.717, 1.165) is 17.4 Å². The number of carbonyl (C=O) groups is 1. The molecule has 2 heterocycles. The second-order valence-corrected chi connectivity index (χ2v) is 8.56. The number of rotatable bonds is 5. The van der Waals surface area contributed by atoms with E-state index in [1.54, 1.807) is 24.4 Å². The van der Waals surface area contributed by atoms with E-state index in [2.05, 4.69) is 15.3 Å². The molecule has 4 aromatic rings. The first-order chi connectivity index (χ1) is 13.9. The van der Waals surface area contributed by atoms with Crippen molar-refractivity contribution in [2.45, 2.75) is 11.4 Å². The maximum absolute atomic E-state index is 12.1. The van der Waals surface area contributed by atoms with Crippen LogP contribution in [0.15, 0.2) is 76.3 Å². The van der Waals surface area contributed by atoms with Crippen molar-refractivity contribution < 1.29 is 17.6 Å². The Labute approximate surface area is 179 Å². The molecular formula is C21H18ClN3O4S. The maximum Gasteiger partial charge on any atom is 0.253 e. The second-order valence-electron chi connectivity index (χ2n) is 6.54. The van der Waals surface area contributed by atoms with Crippen LogP contribution in [0.3, 0.4) is 0 Å². The van der Waals surface area contributed by atoms with Crippen molar-refractivity contribution in [2.75, 3.05) is 6.26 Å². The van der Waals surface area contributed by atoms with Crippen molar-refractivity contribution in [1.29, 1.82) is 0 Å². The lowest BCUT2D eigenvalue weighted by Gasteiger charge is -2.05.